The predicted molar refractivity (Wildman–Crippen MR) is 91.4 cm³/mol. The van der Waals surface area contributed by atoms with Gasteiger partial charge in [0.05, 0.1) is 13.2 Å². The Labute approximate surface area is 139 Å². The summed E-state index contributed by atoms with van der Waals surface area (Å²) in [4.78, 5) is 11.7. The first-order chi connectivity index (χ1) is 10.7. The fraction of sp³-hybridized carbons (Fsp3) is 0.632. The van der Waals surface area contributed by atoms with E-state index in [0.29, 0.717) is 19.6 Å². The van der Waals surface area contributed by atoms with E-state index in [1.54, 1.807) is 6.92 Å². The Balaban J connectivity index is 2.02. The molecule has 0 saturated carbocycles. The number of carbonyl (C=O) groups is 1. The molecule has 0 spiro atoms. The molecule has 0 unspecified atom stereocenters. The summed E-state index contributed by atoms with van der Waals surface area (Å²) in [5.74, 6) is -0.789. The third-order valence-corrected chi connectivity index (χ3v) is 4.57. The topological polar surface area (TPSA) is 58.6 Å². The number of aliphatic carboxylic acids is 1. The maximum Gasteiger partial charge on any atom is 0.323 e. The molecule has 1 aliphatic heterocycles. The Morgan fingerprint density at radius 3 is 2.61 bits per heavy atom. The van der Waals surface area contributed by atoms with Crippen LogP contribution in [0.4, 0.5) is 0 Å². The molecule has 0 fully saturated rings. The van der Waals surface area contributed by atoms with Crippen molar-refractivity contribution in [2.45, 2.75) is 65.6 Å². The molecule has 1 heterocycles. The number of ether oxygens (including phenoxy) is 1. The van der Waals surface area contributed by atoms with Crippen LogP contribution >= 0.6 is 0 Å². The lowest BCUT2D eigenvalue weighted by atomic mass is 9.84. The average Bonchev–Trinajstić information content (AvgIpc) is 2.50. The van der Waals surface area contributed by atoms with E-state index >= 15 is 0 Å². The van der Waals surface area contributed by atoms with Crippen molar-refractivity contribution in [1.82, 2.24) is 5.32 Å². The zero-order chi connectivity index (χ0) is 17.1. The summed E-state index contributed by atoms with van der Waals surface area (Å²) in [6.45, 7) is 10.2. The van der Waals surface area contributed by atoms with Gasteiger partial charge in [0.25, 0.3) is 0 Å². The van der Waals surface area contributed by atoms with Gasteiger partial charge in [-0.1, -0.05) is 39.0 Å². The van der Waals surface area contributed by atoms with Crippen LogP contribution < -0.4 is 5.32 Å². The maximum atomic E-state index is 11.7. The van der Waals surface area contributed by atoms with E-state index in [0.717, 1.165) is 25.0 Å². The molecule has 1 atom stereocenters. The van der Waals surface area contributed by atoms with Crippen molar-refractivity contribution >= 4 is 5.97 Å². The van der Waals surface area contributed by atoms with Crippen LogP contribution in [0.5, 0.6) is 0 Å². The van der Waals surface area contributed by atoms with Crippen molar-refractivity contribution in [3.05, 3.63) is 34.9 Å². The Morgan fingerprint density at radius 2 is 1.96 bits per heavy atom. The van der Waals surface area contributed by atoms with Crippen LogP contribution in [-0.4, -0.2) is 23.2 Å². The molecule has 0 aliphatic carbocycles. The van der Waals surface area contributed by atoms with Crippen LogP contribution in [0.25, 0.3) is 0 Å². The number of hydrogen-bond donors (Lipinski definition) is 2. The summed E-state index contributed by atoms with van der Waals surface area (Å²) in [5, 5.41) is 12.9. The van der Waals surface area contributed by atoms with Gasteiger partial charge in [0.2, 0.25) is 0 Å². The number of nitrogens with one attached hydrogen (secondary N) is 1. The number of carboxylic acid groups (broad SMARTS) is 1. The second-order valence-corrected chi connectivity index (χ2v) is 7.96. The minimum atomic E-state index is -0.903. The normalized spacial score (nSPS) is 17.4. The molecule has 23 heavy (non-hydrogen) atoms. The molecule has 1 aromatic rings. The Hall–Kier alpha value is -1.39. The van der Waals surface area contributed by atoms with Gasteiger partial charge < -0.3 is 9.84 Å². The molecule has 2 rings (SSSR count). The van der Waals surface area contributed by atoms with E-state index in [1.807, 2.05) is 0 Å². The molecule has 0 radical (unpaired) electrons. The van der Waals surface area contributed by atoms with Crippen LogP contribution in [0.2, 0.25) is 0 Å². The van der Waals surface area contributed by atoms with Gasteiger partial charge in [-0.05, 0) is 48.3 Å². The third kappa shape index (κ3) is 5.05. The molecule has 128 valence electrons. The molecule has 0 aromatic heterocycles. The second-order valence-electron chi connectivity index (χ2n) is 7.96. The summed E-state index contributed by atoms with van der Waals surface area (Å²) in [6, 6.07) is 6.36. The summed E-state index contributed by atoms with van der Waals surface area (Å²) < 4.78 is 5.50. The van der Waals surface area contributed by atoms with E-state index in [4.69, 9.17) is 4.74 Å². The Kier molecular flexibility index (Phi) is 5.48. The molecule has 4 nitrogen and oxygen atoms in total. The fourth-order valence-electron chi connectivity index (χ4n) is 2.72. The molecule has 0 bridgehead atoms. The Bertz CT molecular complexity index is 562. The molecule has 1 aliphatic rings. The van der Waals surface area contributed by atoms with Gasteiger partial charge in [0.15, 0.2) is 0 Å². The van der Waals surface area contributed by atoms with E-state index in [1.165, 1.54) is 11.1 Å². The van der Waals surface area contributed by atoms with Crippen molar-refractivity contribution in [1.29, 1.82) is 0 Å². The smallest absolute Gasteiger partial charge is 0.323 e. The van der Waals surface area contributed by atoms with Gasteiger partial charge in [-0.3, -0.25) is 10.1 Å². The van der Waals surface area contributed by atoms with E-state index in [-0.39, 0.29) is 5.41 Å². The van der Waals surface area contributed by atoms with Gasteiger partial charge in [-0.15, -0.1) is 0 Å². The maximum absolute atomic E-state index is 11.7. The number of benzene rings is 1. The van der Waals surface area contributed by atoms with Crippen LogP contribution in [0, 0.1) is 5.41 Å². The quantitative estimate of drug-likeness (QED) is 0.842. The molecule has 0 saturated heterocycles. The zero-order valence-electron chi connectivity index (χ0n) is 14.7. The second kappa shape index (κ2) is 7.02. The monoisotopic (exact) mass is 319 g/mol. The highest BCUT2D eigenvalue weighted by Gasteiger charge is 2.33. The standard InChI is InChI=1S/C19H29NO3/c1-18(2,3)8-9-19(4,17(21)22)20-12-14-5-6-15-7-10-23-13-16(15)11-14/h5-6,11,20H,7-10,12-13H2,1-4H3,(H,21,22)/t19-/m0/s1. The predicted octanol–water partition coefficient (Wildman–Crippen LogP) is 3.52. The molecular weight excluding hydrogens is 290 g/mol. The molecule has 4 heteroatoms. The largest absolute Gasteiger partial charge is 0.480 e. The van der Waals surface area contributed by atoms with Crippen LogP contribution in [-0.2, 0) is 29.1 Å². The summed E-state index contributed by atoms with van der Waals surface area (Å²) in [6.07, 6.45) is 2.43. The first-order valence-electron chi connectivity index (χ1n) is 8.36. The van der Waals surface area contributed by atoms with Crippen LogP contribution in [0.1, 0.15) is 57.2 Å². The van der Waals surface area contributed by atoms with Gasteiger partial charge in [-0.25, -0.2) is 0 Å². The summed E-state index contributed by atoms with van der Waals surface area (Å²) in [5.41, 5.74) is 2.90. The number of fused-ring (bicyclic) bond motifs is 1. The van der Waals surface area contributed by atoms with Crippen molar-refractivity contribution < 1.29 is 14.6 Å². The minimum absolute atomic E-state index is 0.127. The highest BCUT2D eigenvalue weighted by Crippen LogP contribution is 2.26. The average molecular weight is 319 g/mol. The van der Waals surface area contributed by atoms with Crippen LogP contribution in [0.3, 0.4) is 0 Å². The fourth-order valence-corrected chi connectivity index (χ4v) is 2.72. The number of hydrogen-bond acceptors (Lipinski definition) is 3. The summed E-state index contributed by atoms with van der Waals surface area (Å²) in [7, 11) is 0. The van der Waals surface area contributed by atoms with Gasteiger partial charge in [0.1, 0.15) is 5.54 Å². The number of rotatable bonds is 6. The SMILES string of the molecule is CC(C)(C)CC[C@](C)(NCc1ccc2c(c1)COCC2)C(=O)O. The first-order valence-corrected chi connectivity index (χ1v) is 8.36. The summed E-state index contributed by atoms with van der Waals surface area (Å²) >= 11 is 0. The van der Waals surface area contributed by atoms with E-state index in [2.05, 4.69) is 44.3 Å². The van der Waals surface area contributed by atoms with Gasteiger partial charge >= 0.3 is 5.97 Å². The van der Waals surface area contributed by atoms with Crippen LogP contribution in [0.15, 0.2) is 18.2 Å². The highest BCUT2D eigenvalue weighted by atomic mass is 16.5. The Morgan fingerprint density at radius 1 is 1.22 bits per heavy atom. The highest BCUT2D eigenvalue weighted by molar-refractivity contribution is 5.78. The van der Waals surface area contributed by atoms with Crippen molar-refractivity contribution in [3.8, 4) is 0 Å². The molecule has 1 aromatic carbocycles. The van der Waals surface area contributed by atoms with Crippen molar-refractivity contribution in [2.75, 3.05) is 6.61 Å². The number of carboxylic acids is 1. The van der Waals surface area contributed by atoms with E-state index < -0.39 is 11.5 Å². The zero-order valence-corrected chi connectivity index (χ0v) is 14.7. The van der Waals surface area contributed by atoms with Crippen molar-refractivity contribution in [3.63, 3.8) is 0 Å². The molecule has 2 N–H and O–H groups in total. The lowest BCUT2D eigenvalue weighted by molar-refractivity contribution is -0.144. The first kappa shape index (κ1) is 18.0. The van der Waals surface area contributed by atoms with E-state index in [9.17, 15) is 9.90 Å². The van der Waals surface area contributed by atoms with Gasteiger partial charge in [0, 0.05) is 6.54 Å². The lowest BCUT2D eigenvalue weighted by Gasteiger charge is -2.30. The van der Waals surface area contributed by atoms with Gasteiger partial charge in [-0.2, -0.15) is 0 Å². The molecular formula is C19H29NO3. The van der Waals surface area contributed by atoms with Crippen molar-refractivity contribution in [2.24, 2.45) is 5.41 Å². The molecule has 0 amide bonds. The lowest BCUT2D eigenvalue weighted by Crippen LogP contribution is -2.49. The third-order valence-electron chi connectivity index (χ3n) is 4.57. The minimum Gasteiger partial charge on any atom is -0.480 e.